The molecule has 3 rings (SSSR count). The Kier molecular flexibility index (Phi) is 5.36. The maximum absolute atomic E-state index is 13.4. The van der Waals surface area contributed by atoms with Gasteiger partial charge in [0.2, 0.25) is 5.91 Å². The Morgan fingerprint density at radius 2 is 1.96 bits per heavy atom. The van der Waals surface area contributed by atoms with Crippen LogP contribution in [0.3, 0.4) is 0 Å². The van der Waals surface area contributed by atoms with E-state index < -0.39 is 5.97 Å². The van der Waals surface area contributed by atoms with Gasteiger partial charge in [-0.2, -0.15) is 0 Å². The van der Waals surface area contributed by atoms with Crippen molar-refractivity contribution in [2.45, 2.75) is 38.6 Å². The summed E-state index contributed by atoms with van der Waals surface area (Å²) in [7, 11) is 0. The van der Waals surface area contributed by atoms with Crippen LogP contribution in [0.2, 0.25) is 0 Å². The van der Waals surface area contributed by atoms with E-state index in [9.17, 15) is 14.0 Å². The summed E-state index contributed by atoms with van der Waals surface area (Å²) < 4.78 is 15.3. The molecule has 1 heterocycles. The molecule has 0 radical (unpaired) electrons. The van der Waals surface area contributed by atoms with E-state index >= 15 is 0 Å². The van der Waals surface area contributed by atoms with Gasteiger partial charge in [0.1, 0.15) is 5.82 Å². The fraction of sp³-hybridized carbons (Fsp3) is 0.474. The first-order valence-electron chi connectivity index (χ1n) is 8.77. The summed E-state index contributed by atoms with van der Waals surface area (Å²) in [5.74, 6) is -0.888. The number of carbonyl (C=O) groups excluding carboxylic acids is 1. The normalized spacial score (nSPS) is 20.5. The van der Waals surface area contributed by atoms with Crippen molar-refractivity contribution in [2.75, 3.05) is 6.54 Å². The third-order valence-corrected chi connectivity index (χ3v) is 5.10. The molecule has 0 aliphatic heterocycles. The lowest BCUT2D eigenvalue weighted by Gasteiger charge is -2.26. The minimum absolute atomic E-state index is 0.0291. The van der Waals surface area contributed by atoms with E-state index in [1.165, 1.54) is 12.1 Å². The fourth-order valence-electron chi connectivity index (χ4n) is 3.53. The van der Waals surface area contributed by atoms with Gasteiger partial charge in [-0.05, 0) is 61.3 Å². The first kappa shape index (κ1) is 17.5. The number of nitrogens with zero attached hydrogens (tertiary/aromatic N) is 1. The van der Waals surface area contributed by atoms with E-state index in [1.54, 1.807) is 6.07 Å². The minimum Gasteiger partial charge on any atom is -0.481 e. The standard InChI is InChI=1S/C19H23FN2O3/c20-16-6-5-14-7-9-22(17(14)11-16)10-8-18(23)21-12-13-1-3-15(4-2-13)19(24)25/h5-7,9,11,13,15H,1-4,8,10,12H2,(H,21,23)(H,24,25). The zero-order valence-corrected chi connectivity index (χ0v) is 14.1. The summed E-state index contributed by atoms with van der Waals surface area (Å²) in [6, 6.07) is 6.55. The Morgan fingerprint density at radius 1 is 1.20 bits per heavy atom. The van der Waals surface area contributed by atoms with Crippen LogP contribution in [0, 0.1) is 17.7 Å². The molecule has 6 heteroatoms. The molecular formula is C19H23FN2O3. The Morgan fingerprint density at radius 3 is 2.68 bits per heavy atom. The van der Waals surface area contributed by atoms with E-state index in [-0.39, 0.29) is 17.6 Å². The summed E-state index contributed by atoms with van der Waals surface area (Å²) in [6.45, 7) is 1.11. The van der Waals surface area contributed by atoms with Crippen LogP contribution < -0.4 is 5.32 Å². The first-order chi connectivity index (χ1) is 12.0. The van der Waals surface area contributed by atoms with Crippen LogP contribution in [0.1, 0.15) is 32.1 Å². The van der Waals surface area contributed by atoms with Crippen LogP contribution in [0.15, 0.2) is 30.5 Å². The monoisotopic (exact) mass is 346 g/mol. The van der Waals surface area contributed by atoms with E-state index in [0.717, 1.165) is 23.7 Å². The van der Waals surface area contributed by atoms with Crippen molar-refractivity contribution in [2.24, 2.45) is 11.8 Å². The molecular weight excluding hydrogens is 323 g/mol. The van der Waals surface area contributed by atoms with Gasteiger partial charge in [0, 0.05) is 25.7 Å². The second kappa shape index (κ2) is 7.68. The van der Waals surface area contributed by atoms with E-state index in [4.69, 9.17) is 5.11 Å². The molecule has 1 aliphatic carbocycles. The number of aryl methyl sites for hydroxylation is 1. The predicted molar refractivity (Wildman–Crippen MR) is 92.6 cm³/mol. The van der Waals surface area contributed by atoms with Gasteiger partial charge in [0.15, 0.2) is 0 Å². The molecule has 1 saturated carbocycles. The molecule has 5 nitrogen and oxygen atoms in total. The molecule has 2 aromatic rings. The third kappa shape index (κ3) is 4.38. The molecule has 1 fully saturated rings. The zero-order valence-electron chi connectivity index (χ0n) is 14.1. The van der Waals surface area contributed by atoms with Crippen LogP contribution in [-0.2, 0) is 16.1 Å². The first-order valence-corrected chi connectivity index (χ1v) is 8.77. The summed E-state index contributed by atoms with van der Waals surface area (Å²) in [5, 5.41) is 12.9. The quantitative estimate of drug-likeness (QED) is 0.844. The number of nitrogens with one attached hydrogen (secondary N) is 1. The predicted octanol–water partition coefficient (Wildman–Crippen LogP) is 3.18. The Bertz CT molecular complexity index is 763. The molecule has 0 bridgehead atoms. The number of hydrogen-bond donors (Lipinski definition) is 2. The number of hydrogen-bond acceptors (Lipinski definition) is 2. The van der Waals surface area contributed by atoms with Crippen molar-refractivity contribution in [1.29, 1.82) is 0 Å². The molecule has 1 amide bonds. The van der Waals surface area contributed by atoms with E-state index in [1.807, 2.05) is 16.8 Å². The maximum Gasteiger partial charge on any atom is 0.306 e. The highest BCUT2D eigenvalue weighted by atomic mass is 19.1. The number of carbonyl (C=O) groups is 2. The molecule has 1 aromatic heterocycles. The zero-order chi connectivity index (χ0) is 17.8. The number of fused-ring (bicyclic) bond motifs is 1. The summed E-state index contributed by atoms with van der Waals surface area (Å²) in [6.07, 6.45) is 5.28. The SMILES string of the molecule is O=C(CCn1ccc2ccc(F)cc21)NCC1CCC(C(=O)O)CC1. The molecule has 25 heavy (non-hydrogen) atoms. The van der Waals surface area contributed by atoms with Crippen LogP contribution in [0.25, 0.3) is 10.9 Å². The average molecular weight is 346 g/mol. The van der Waals surface area contributed by atoms with Crippen molar-refractivity contribution in [3.05, 3.63) is 36.3 Å². The summed E-state index contributed by atoms with van der Waals surface area (Å²) in [4.78, 5) is 23.0. The minimum atomic E-state index is -0.710. The lowest BCUT2D eigenvalue weighted by atomic mass is 9.82. The highest BCUT2D eigenvalue weighted by Gasteiger charge is 2.25. The second-order valence-corrected chi connectivity index (χ2v) is 6.82. The van der Waals surface area contributed by atoms with Crippen molar-refractivity contribution < 1.29 is 19.1 Å². The lowest BCUT2D eigenvalue weighted by Crippen LogP contribution is -2.32. The van der Waals surface area contributed by atoms with Gasteiger partial charge >= 0.3 is 5.97 Å². The van der Waals surface area contributed by atoms with Crippen molar-refractivity contribution in [1.82, 2.24) is 9.88 Å². The van der Waals surface area contributed by atoms with Gasteiger partial charge < -0.3 is 15.0 Å². The van der Waals surface area contributed by atoms with E-state index in [0.29, 0.717) is 38.3 Å². The molecule has 0 saturated heterocycles. The number of carboxylic acids is 1. The number of benzene rings is 1. The molecule has 134 valence electrons. The van der Waals surface area contributed by atoms with Crippen LogP contribution >= 0.6 is 0 Å². The van der Waals surface area contributed by atoms with Gasteiger partial charge in [0.05, 0.1) is 11.4 Å². The number of carboxylic acid groups (broad SMARTS) is 1. The van der Waals surface area contributed by atoms with Crippen molar-refractivity contribution >= 4 is 22.8 Å². The average Bonchev–Trinajstić information content (AvgIpc) is 3.00. The molecule has 0 unspecified atom stereocenters. The van der Waals surface area contributed by atoms with Gasteiger partial charge in [-0.15, -0.1) is 0 Å². The molecule has 0 atom stereocenters. The Hall–Kier alpha value is -2.37. The van der Waals surface area contributed by atoms with Crippen LogP contribution in [0.4, 0.5) is 4.39 Å². The van der Waals surface area contributed by atoms with Gasteiger partial charge in [-0.3, -0.25) is 9.59 Å². The number of rotatable bonds is 6. The van der Waals surface area contributed by atoms with Gasteiger partial charge in [-0.1, -0.05) is 0 Å². The number of amides is 1. The van der Waals surface area contributed by atoms with Crippen molar-refractivity contribution in [3.63, 3.8) is 0 Å². The van der Waals surface area contributed by atoms with Gasteiger partial charge in [-0.25, -0.2) is 4.39 Å². The number of halogens is 1. The smallest absolute Gasteiger partial charge is 0.306 e. The van der Waals surface area contributed by atoms with Crippen molar-refractivity contribution in [3.8, 4) is 0 Å². The summed E-state index contributed by atoms with van der Waals surface area (Å²) >= 11 is 0. The Balaban J connectivity index is 1.44. The maximum atomic E-state index is 13.4. The number of aliphatic carboxylic acids is 1. The van der Waals surface area contributed by atoms with Crippen LogP contribution in [0.5, 0.6) is 0 Å². The van der Waals surface area contributed by atoms with Gasteiger partial charge in [0.25, 0.3) is 0 Å². The Labute approximate surface area is 145 Å². The highest BCUT2D eigenvalue weighted by Crippen LogP contribution is 2.28. The molecule has 2 N–H and O–H groups in total. The molecule has 0 spiro atoms. The number of aromatic nitrogens is 1. The van der Waals surface area contributed by atoms with E-state index in [2.05, 4.69) is 5.32 Å². The lowest BCUT2D eigenvalue weighted by molar-refractivity contribution is -0.143. The summed E-state index contributed by atoms with van der Waals surface area (Å²) in [5.41, 5.74) is 0.791. The largest absolute Gasteiger partial charge is 0.481 e. The van der Waals surface area contributed by atoms with Crippen LogP contribution in [-0.4, -0.2) is 28.1 Å². The second-order valence-electron chi connectivity index (χ2n) is 6.82. The fourth-order valence-corrected chi connectivity index (χ4v) is 3.53. The molecule has 1 aliphatic rings. The highest BCUT2D eigenvalue weighted by molar-refractivity contribution is 5.80. The molecule has 1 aromatic carbocycles. The topological polar surface area (TPSA) is 71.3 Å². The third-order valence-electron chi connectivity index (χ3n) is 5.10.